The number of halogens is 1. The molecule has 29 heavy (non-hydrogen) atoms. The number of benzene rings is 1. The number of thiazole rings is 1. The Bertz CT molecular complexity index is 1030. The number of carbonyl (C=O) groups excluding carboxylic acids is 2. The summed E-state index contributed by atoms with van der Waals surface area (Å²) in [6.07, 6.45) is 0. The van der Waals surface area contributed by atoms with Gasteiger partial charge in [-0.15, -0.1) is 11.3 Å². The van der Waals surface area contributed by atoms with E-state index in [1.165, 1.54) is 23.5 Å². The van der Waals surface area contributed by atoms with Crippen molar-refractivity contribution >= 4 is 28.4 Å². The van der Waals surface area contributed by atoms with Crippen molar-refractivity contribution in [1.82, 2.24) is 25.0 Å². The van der Waals surface area contributed by atoms with Gasteiger partial charge in [-0.1, -0.05) is 12.1 Å². The number of nitrogens with one attached hydrogen (secondary N) is 2. The number of nitrogens with zero attached hydrogens (tertiary/aromatic N) is 4. The minimum Gasteiger partial charge on any atom is -0.334 e. The summed E-state index contributed by atoms with van der Waals surface area (Å²) in [6, 6.07) is 7.31. The van der Waals surface area contributed by atoms with Gasteiger partial charge in [0.1, 0.15) is 11.5 Å². The zero-order valence-electron chi connectivity index (χ0n) is 16.3. The fraction of sp³-hybridized carbons (Fsp3) is 0.263. The molecule has 2 N–H and O–H groups in total. The van der Waals surface area contributed by atoms with Crippen LogP contribution in [0, 0.1) is 12.7 Å². The molecule has 0 atom stereocenters. The van der Waals surface area contributed by atoms with Gasteiger partial charge in [0.05, 0.1) is 17.9 Å². The molecule has 0 radical (unpaired) electrons. The average molecular weight is 416 g/mol. The van der Waals surface area contributed by atoms with Crippen LogP contribution in [-0.2, 0) is 20.1 Å². The minimum atomic E-state index is -0.440. The topological polar surface area (TPSA) is 92.2 Å². The fourth-order valence-corrected chi connectivity index (χ4v) is 3.43. The van der Waals surface area contributed by atoms with Gasteiger partial charge in [0, 0.05) is 26.0 Å². The van der Waals surface area contributed by atoms with Crippen molar-refractivity contribution in [1.29, 1.82) is 0 Å². The second-order valence-electron chi connectivity index (χ2n) is 6.54. The third kappa shape index (κ3) is 5.38. The largest absolute Gasteiger partial charge is 0.334 e. The van der Waals surface area contributed by atoms with Crippen molar-refractivity contribution in [3.05, 3.63) is 64.2 Å². The first-order valence-corrected chi connectivity index (χ1v) is 9.69. The van der Waals surface area contributed by atoms with Crippen LogP contribution in [0.2, 0.25) is 0 Å². The highest BCUT2D eigenvalue weighted by Gasteiger charge is 2.18. The highest BCUT2D eigenvalue weighted by atomic mass is 32.1. The van der Waals surface area contributed by atoms with Gasteiger partial charge in [-0.2, -0.15) is 5.10 Å². The molecule has 8 nitrogen and oxygen atoms in total. The number of hydrogen-bond acceptors (Lipinski definition) is 5. The van der Waals surface area contributed by atoms with Crippen LogP contribution in [-0.4, -0.2) is 38.7 Å². The van der Waals surface area contributed by atoms with Gasteiger partial charge in [-0.05, 0) is 30.7 Å². The Morgan fingerprint density at radius 3 is 2.79 bits per heavy atom. The Kier molecular flexibility index (Phi) is 6.23. The number of rotatable bonds is 6. The maximum Gasteiger partial charge on any atom is 0.321 e. The predicted octanol–water partition coefficient (Wildman–Crippen LogP) is 2.92. The van der Waals surface area contributed by atoms with E-state index < -0.39 is 6.03 Å². The smallest absolute Gasteiger partial charge is 0.321 e. The monoisotopic (exact) mass is 416 g/mol. The number of aromatic nitrogens is 3. The number of aryl methyl sites for hydroxylation is 2. The van der Waals surface area contributed by atoms with Gasteiger partial charge in [0.25, 0.3) is 5.91 Å². The predicted molar refractivity (Wildman–Crippen MR) is 108 cm³/mol. The van der Waals surface area contributed by atoms with E-state index in [-0.39, 0.29) is 18.3 Å². The normalized spacial score (nSPS) is 10.6. The van der Waals surface area contributed by atoms with Crippen LogP contribution in [0.4, 0.5) is 14.3 Å². The lowest BCUT2D eigenvalue weighted by atomic mass is 10.2. The zero-order valence-corrected chi connectivity index (χ0v) is 17.1. The van der Waals surface area contributed by atoms with E-state index in [4.69, 9.17) is 0 Å². The average Bonchev–Trinajstić information content (AvgIpc) is 3.24. The van der Waals surface area contributed by atoms with Crippen LogP contribution >= 0.6 is 11.3 Å². The van der Waals surface area contributed by atoms with Crippen molar-refractivity contribution in [2.75, 3.05) is 12.4 Å². The Morgan fingerprint density at radius 1 is 1.31 bits per heavy atom. The van der Waals surface area contributed by atoms with Crippen molar-refractivity contribution in [3.63, 3.8) is 0 Å². The first kappa shape index (κ1) is 20.5. The molecule has 0 aliphatic heterocycles. The van der Waals surface area contributed by atoms with Gasteiger partial charge in [-0.3, -0.25) is 14.8 Å². The highest BCUT2D eigenvalue weighted by Crippen LogP contribution is 2.17. The van der Waals surface area contributed by atoms with E-state index in [9.17, 15) is 14.0 Å². The Hall–Kier alpha value is -3.27. The van der Waals surface area contributed by atoms with Gasteiger partial charge in [0.15, 0.2) is 5.13 Å². The summed E-state index contributed by atoms with van der Waals surface area (Å²) in [7, 11) is 3.41. The molecular formula is C19H21FN6O2S. The number of carbonyl (C=O) groups is 2. The summed E-state index contributed by atoms with van der Waals surface area (Å²) in [5.74, 6) is -0.516. The zero-order chi connectivity index (χ0) is 21.0. The summed E-state index contributed by atoms with van der Waals surface area (Å²) >= 11 is 1.26. The number of amides is 3. The second-order valence-corrected chi connectivity index (χ2v) is 7.40. The summed E-state index contributed by atoms with van der Waals surface area (Å²) < 4.78 is 14.7. The minimum absolute atomic E-state index is 0.163. The number of urea groups is 1. The Labute approximate surface area is 171 Å². The van der Waals surface area contributed by atoms with Crippen LogP contribution in [0.1, 0.15) is 27.4 Å². The molecule has 152 valence electrons. The molecule has 3 amide bonds. The van der Waals surface area contributed by atoms with Crippen LogP contribution < -0.4 is 10.6 Å². The maximum atomic E-state index is 13.2. The summed E-state index contributed by atoms with van der Waals surface area (Å²) in [6.45, 7) is 2.32. The lowest BCUT2D eigenvalue weighted by Gasteiger charge is -2.15. The third-order valence-electron chi connectivity index (χ3n) is 4.08. The van der Waals surface area contributed by atoms with Gasteiger partial charge >= 0.3 is 6.03 Å². The molecule has 0 saturated heterocycles. The van der Waals surface area contributed by atoms with E-state index in [0.717, 1.165) is 5.69 Å². The standard InChI is InChI=1S/C19H21FN6O2S/c1-12-7-16(26(3)24-12)17(27)25(2)10-15-11-29-19(22-15)23-18(28)21-9-13-5-4-6-14(20)8-13/h4-8,11H,9-10H2,1-3H3,(H2,21,22,23,28). The molecule has 3 aromatic rings. The summed E-state index contributed by atoms with van der Waals surface area (Å²) in [4.78, 5) is 30.4. The van der Waals surface area contributed by atoms with Gasteiger partial charge in [0.2, 0.25) is 0 Å². The van der Waals surface area contributed by atoms with E-state index in [1.807, 2.05) is 6.92 Å². The molecule has 10 heteroatoms. The molecule has 0 aliphatic rings. The highest BCUT2D eigenvalue weighted by molar-refractivity contribution is 7.13. The molecular weight excluding hydrogens is 395 g/mol. The van der Waals surface area contributed by atoms with Gasteiger partial charge in [-0.25, -0.2) is 14.2 Å². The molecule has 2 aromatic heterocycles. The fourth-order valence-electron chi connectivity index (χ4n) is 2.73. The first-order chi connectivity index (χ1) is 13.8. The first-order valence-electron chi connectivity index (χ1n) is 8.81. The van der Waals surface area contributed by atoms with Crippen LogP contribution in [0.15, 0.2) is 35.7 Å². The molecule has 0 aliphatic carbocycles. The van der Waals surface area contributed by atoms with E-state index >= 15 is 0 Å². The molecule has 2 heterocycles. The van der Waals surface area contributed by atoms with Crippen molar-refractivity contribution < 1.29 is 14.0 Å². The Balaban J connectivity index is 1.52. The molecule has 0 spiro atoms. The van der Waals surface area contributed by atoms with Crippen LogP contribution in [0.3, 0.4) is 0 Å². The summed E-state index contributed by atoms with van der Waals surface area (Å²) in [5.41, 5.74) is 2.58. The molecule has 3 rings (SSSR count). The second kappa shape index (κ2) is 8.82. The molecule has 0 bridgehead atoms. The number of hydrogen-bond donors (Lipinski definition) is 2. The SMILES string of the molecule is Cc1cc(C(=O)N(C)Cc2csc(NC(=O)NCc3cccc(F)c3)n2)n(C)n1. The molecule has 0 fully saturated rings. The number of anilines is 1. The van der Waals surface area contributed by atoms with Crippen molar-refractivity contribution in [2.24, 2.45) is 7.05 Å². The molecule has 0 unspecified atom stereocenters. The lowest BCUT2D eigenvalue weighted by Crippen LogP contribution is -2.29. The van der Waals surface area contributed by atoms with Crippen LogP contribution in [0.25, 0.3) is 0 Å². The van der Waals surface area contributed by atoms with E-state index in [0.29, 0.717) is 28.6 Å². The van der Waals surface area contributed by atoms with Crippen molar-refractivity contribution in [3.8, 4) is 0 Å². The van der Waals surface area contributed by atoms with Gasteiger partial charge < -0.3 is 10.2 Å². The summed E-state index contributed by atoms with van der Waals surface area (Å²) in [5, 5.41) is 11.7. The third-order valence-corrected chi connectivity index (χ3v) is 4.89. The quantitative estimate of drug-likeness (QED) is 0.646. The van der Waals surface area contributed by atoms with E-state index in [1.54, 1.807) is 47.3 Å². The molecule has 0 saturated carbocycles. The van der Waals surface area contributed by atoms with Crippen LogP contribution in [0.5, 0.6) is 0 Å². The maximum absolute atomic E-state index is 13.2. The lowest BCUT2D eigenvalue weighted by molar-refractivity contribution is 0.0772. The molecule has 1 aromatic carbocycles. The van der Waals surface area contributed by atoms with E-state index in [2.05, 4.69) is 20.7 Å². The van der Waals surface area contributed by atoms with Crippen molar-refractivity contribution in [2.45, 2.75) is 20.0 Å². The Morgan fingerprint density at radius 2 is 2.10 bits per heavy atom.